The van der Waals surface area contributed by atoms with Crippen LogP contribution in [0.4, 0.5) is 19.3 Å². The molecule has 0 radical (unpaired) electrons. The van der Waals surface area contributed by atoms with E-state index in [0.717, 1.165) is 12.1 Å². The van der Waals surface area contributed by atoms with E-state index in [-0.39, 0.29) is 17.5 Å². The number of nitrogens with one attached hydrogen (secondary N) is 2. The zero-order chi connectivity index (χ0) is 21.8. The van der Waals surface area contributed by atoms with Crippen LogP contribution in [0.2, 0.25) is 0 Å². The van der Waals surface area contributed by atoms with Crippen LogP contribution in [0, 0.1) is 23.0 Å². The highest BCUT2D eigenvalue weighted by Crippen LogP contribution is 2.27. The molecule has 0 saturated carbocycles. The Labute approximate surface area is 169 Å². The maximum atomic E-state index is 13.6. The average Bonchev–Trinajstić information content (AvgIpc) is 3.08. The summed E-state index contributed by atoms with van der Waals surface area (Å²) in [5, 5.41) is 14.6. The fourth-order valence-corrected chi connectivity index (χ4v) is 3.09. The highest BCUT2D eigenvalue weighted by Gasteiger charge is 2.29. The Balaban J connectivity index is 1.98. The summed E-state index contributed by atoms with van der Waals surface area (Å²) in [6.45, 7) is 7.77. The van der Waals surface area contributed by atoms with E-state index in [2.05, 4.69) is 10.6 Å². The molecule has 2 amide bonds. The predicted octanol–water partition coefficient (Wildman–Crippen LogP) is 2.83. The molecule has 1 aliphatic rings. The Morgan fingerprint density at radius 2 is 2.00 bits per heavy atom. The summed E-state index contributed by atoms with van der Waals surface area (Å²) in [5.41, 5.74) is -0.343. The first-order chi connectivity index (χ1) is 13.5. The number of halogens is 2. The van der Waals surface area contributed by atoms with Crippen LogP contribution in [0.1, 0.15) is 46.1 Å². The molecule has 0 unspecified atom stereocenters. The van der Waals surface area contributed by atoms with Crippen LogP contribution < -0.4 is 15.5 Å². The average molecular weight is 408 g/mol. The van der Waals surface area contributed by atoms with Crippen molar-refractivity contribution in [3.8, 4) is 6.07 Å². The van der Waals surface area contributed by atoms with Crippen molar-refractivity contribution in [2.24, 2.45) is 0 Å². The maximum Gasteiger partial charge on any atom is 0.408 e. The maximum absolute atomic E-state index is 13.6. The van der Waals surface area contributed by atoms with Crippen molar-refractivity contribution >= 4 is 17.7 Å². The Morgan fingerprint density at radius 1 is 1.34 bits per heavy atom. The molecule has 2 N–H and O–H groups in total. The minimum atomic E-state index is -1.08. The number of amides is 2. The quantitative estimate of drug-likeness (QED) is 0.781. The van der Waals surface area contributed by atoms with E-state index in [4.69, 9.17) is 4.74 Å². The van der Waals surface area contributed by atoms with Gasteiger partial charge in [-0.1, -0.05) is 6.92 Å². The number of nitriles is 1. The molecule has 1 aliphatic heterocycles. The van der Waals surface area contributed by atoms with Gasteiger partial charge in [0.25, 0.3) is 0 Å². The van der Waals surface area contributed by atoms with Gasteiger partial charge in [0.1, 0.15) is 17.7 Å². The van der Waals surface area contributed by atoms with E-state index in [1.54, 1.807) is 32.6 Å². The van der Waals surface area contributed by atoms with E-state index in [0.29, 0.717) is 31.6 Å². The Morgan fingerprint density at radius 3 is 2.59 bits per heavy atom. The third-order valence-electron chi connectivity index (χ3n) is 4.45. The number of anilines is 1. The number of ether oxygens (including phenoxy) is 1. The summed E-state index contributed by atoms with van der Waals surface area (Å²) in [5.74, 6) is -2.46. The van der Waals surface area contributed by atoms with Gasteiger partial charge in [-0.25, -0.2) is 13.6 Å². The molecule has 0 aliphatic carbocycles. The second kappa shape index (κ2) is 9.07. The van der Waals surface area contributed by atoms with Gasteiger partial charge in [0.2, 0.25) is 5.91 Å². The fraction of sp³-hybridized carbons (Fsp3) is 0.550. The van der Waals surface area contributed by atoms with Crippen molar-refractivity contribution < 1.29 is 23.1 Å². The number of carbonyl (C=O) groups excluding carboxylic acids is 2. The number of alkyl carbamates (subject to hydrolysis) is 1. The summed E-state index contributed by atoms with van der Waals surface area (Å²) >= 11 is 0. The zero-order valence-electron chi connectivity index (χ0n) is 17.0. The van der Waals surface area contributed by atoms with Gasteiger partial charge in [0.05, 0.1) is 11.3 Å². The number of carbonyl (C=O) groups is 2. The molecule has 29 heavy (non-hydrogen) atoms. The number of rotatable bonds is 5. The molecule has 2 rings (SSSR count). The molecule has 0 bridgehead atoms. The van der Waals surface area contributed by atoms with Gasteiger partial charge < -0.3 is 20.3 Å². The smallest absolute Gasteiger partial charge is 0.408 e. The molecular weight excluding hydrogens is 382 g/mol. The monoisotopic (exact) mass is 408 g/mol. The summed E-state index contributed by atoms with van der Waals surface area (Å²) in [6.07, 6.45) is 0.273. The largest absolute Gasteiger partial charge is 0.444 e. The van der Waals surface area contributed by atoms with Crippen LogP contribution in [-0.2, 0) is 9.53 Å². The summed E-state index contributed by atoms with van der Waals surface area (Å²) in [7, 11) is 0. The Kier molecular flexibility index (Phi) is 7.01. The van der Waals surface area contributed by atoms with E-state index < -0.39 is 29.4 Å². The first kappa shape index (κ1) is 22.4. The molecule has 1 fully saturated rings. The van der Waals surface area contributed by atoms with Crippen molar-refractivity contribution in [3.63, 3.8) is 0 Å². The van der Waals surface area contributed by atoms with Gasteiger partial charge >= 0.3 is 6.09 Å². The molecule has 1 heterocycles. The van der Waals surface area contributed by atoms with E-state index in [1.165, 1.54) is 0 Å². The van der Waals surface area contributed by atoms with Gasteiger partial charge in [0.15, 0.2) is 11.6 Å². The van der Waals surface area contributed by atoms with Crippen LogP contribution in [0.3, 0.4) is 0 Å². The van der Waals surface area contributed by atoms with E-state index >= 15 is 0 Å². The molecule has 1 aromatic carbocycles. The van der Waals surface area contributed by atoms with Crippen LogP contribution in [-0.4, -0.2) is 42.8 Å². The molecular formula is C20H26F2N4O3. The van der Waals surface area contributed by atoms with Crippen molar-refractivity contribution in [2.45, 2.75) is 58.2 Å². The third kappa shape index (κ3) is 6.04. The van der Waals surface area contributed by atoms with Crippen molar-refractivity contribution in [1.82, 2.24) is 10.6 Å². The molecule has 9 heteroatoms. The van der Waals surface area contributed by atoms with Crippen LogP contribution in [0.15, 0.2) is 12.1 Å². The minimum absolute atomic E-state index is 0.0360. The Bertz CT molecular complexity index is 817. The fourth-order valence-electron chi connectivity index (χ4n) is 3.09. The molecule has 1 saturated heterocycles. The highest BCUT2D eigenvalue weighted by molar-refractivity contribution is 5.86. The van der Waals surface area contributed by atoms with Crippen molar-refractivity contribution in [2.75, 3.05) is 18.0 Å². The van der Waals surface area contributed by atoms with Gasteiger partial charge in [0, 0.05) is 25.2 Å². The summed E-state index contributed by atoms with van der Waals surface area (Å²) < 4.78 is 32.2. The normalized spacial score (nSPS) is 17.4. The van der Waals surface area contributed by atoms with E-state index in [1.807, 2.05) is 6.07 Å². The first-order valence-corrected chi connectivity index (χ1v) is 9.48. The van der Waals surface area contributed by atoms with Crippen molar-refractivity contribution in [1.29, 1.82) is 5.26 Å². The second-order valence-corrected chi connectivity index (χ2v) is 7.94. The van der Waals surface area contributed by atoms with Gasteiger partial charge in [-0.2, -0.15) is 5.26 Å². The van der Waals surface area contributed by atoms with Crippen LogP contribution in [0.5, 0.6) is 0 Å². The molecule has 2 atom stereocenters. The topological polar surface area (TPSA) is 94.5 Å². The predicted molar refractivity (Wildman–Crippen MR) is 103 cm³/mol. The number of benzene rings is 1. The standard InChI is InChI=1S/C20H26F2N4O3/c1-5-16(25-19(28)29-20(2,3)4)18(27)24-13-6-7-26(11-13)17-9-15(22)14(21)8-12(17)10-23/h8-9,13,16H,5-7,11H2,1-4H3,(H,24,27)(H,25,28)/t13-,16-/m0/s1. The molecule has 158 valence electrons. The number of hydrogen-bond acceptors (Lipinski definition) is 5. The Hall–Kier alpha value is -2.89. The SMILES string of the molecule is CC[C@H](NC(=O)OC(C)(C)C)C(=O)N[C@H]1CCN(c2cc(F)c(F)cc2C#N)C1. The lowest BCUT2D eigenvalue weighted by Crippen LogP contribution is -2.50. The minimum Gasteiger partial charge on any atom is -0.444 e. The number of nitrogens with zero attached hydrogens (tertiary/aromatic N) is 2. The highest BCUT2D eigenvalue weighted by atomic mass is 19.2. The molecule has 0 aromatic heterocycles. The lowest BCUT2D eigenvalue weighted by atomic mass is 10.1. The van der Waals surface area contributed by atoms with Gasteiger partial charge in [-0.3, -0.25) is 4.79 Å². The first-order valence-electron chi connectivity index (χ1n) is 9.48. The molecule has 1 aromatic rings. The number of hydrogen-bond donors (Lipinski definition) is 2. The van der Waals surface area contributed by atoms with Crippen molar-refractivity contribution in [3.05, 3.63) is 29.3 Å². The third-order valence-corrected chi connectivity index (χ3v) is 4.45. The van der Waals surface area contributed by atoms with Crippen LogP contribution >= 0.6 is 0 Å². The van der Waals surface area contributed by atoms with Gasteiger partial charge in [-0.05, 0) is 39.7 Å². The lowest BCUT2D eigenvalue weighted by Gasteiger charge is -2.24. The summed E-state index contributed by atoms with van der Waals surface area (Å²) in [6, 6.07) is 2.73. The second-order valence-electron chi connectivity index (χ2n) is 7.94. The summed E-state index contributed by atoms with van der Waals surface area (Å²) in [4.78, 5) is 26.2. The lowest BCUT2D eigenvalue weighted by molar-refractivity contribution is -0.123. The molecule has 0 spiro atoms. The van der Waals surface area contributed by atoms with Gasteiger partial charge in [-0.15, -0.1) is 0 Å². The molecule has 7 nitrogen and oxygen atoms in total. The van der Waals surface area contributed by atoms with Crippen LogP contribution in [0.25, 0.3) is 0 Å². The zero-order valence-corrected chi connectivity index (χ0v) is 17.0. The van der Waals surface area contributed by atoms with E-state index in [9.17, 15) is 23.6 Å².